The molecular formula is C16H21N3O. The molecule has 1 aromatic rings. The van der Waals surface area contributed by atoms with Crippen molar-refractivity contribution in [3.05, 3.63) is 24.0 Å². The maximum atomic E-state index is 11.9. The largest absolute Gasteiger partial charge is 0.382 e. The van der Waals surface area contributed by atoms with Crippen LogP contribution in [0.2, 0.25) is 0 Å². The summed E-state index contributed by atoms with van der Waals surface area (Å²) in [4.78, 5) is 17.7. The topological polar surface area (TPSA) is 45.2 Å². The van der Waals surface area contributed by atoms with Crippen molar-refractivity contribution in [1.82, 2.24) is 9.88 Å². The number of rotatable bonds is 3. The van der Waals surface area contributed by atoms with Crippen molar-refractivity contribution in [1.29, 1.82) is 0 Å². The maximum absolute atomic E-state index is 11.9. The lowest BCUT2D eigenvalue weighted by atomic mass is 10.0. The molecule has 3 fully saturated rings. The molecule has 4 heteroatoms. The van der Waals surface area contributed by atoms with Gasteiger partial charge in [-0.15, -0.1) is 0 Å². The predicted molar refractivity (Wildman–Crippen MR) is 77.5 cm³/mol. The molecule has 4 unspecified atom stereocenters. The van der Waals surface area contributed by atoms with Crippen LogP contribution in [0.5, 0.6) is 0 Å². The third kappa shape index (κ3) is 1.74. The molecule has 4 rings (SSSR count). The van der Waals surface area contributed by atoms with Crippen molar-refractivity contribution in [3.63, 3.8) is 0 Å². The fourth-order valence-corrected chi connectivity index (χ4v) is 4.58. The molecule has 3 aliphatic carbocycles. The highest BCUT2D eigenvalue weighted by molar-refractivity contribution is 5.92. The normalized spacial score (nSPS) is 36.6. The number of hydrogen-bond acceptors (Lipinski definition) is 3. The van der Waals surface area contributed by atoms with Gasteiger partial charge in [0, 0.05) is 32.0 Å². The zero-order valence-electron chi connectivity index (χ0n) is 12.0. The Hall–Kier alpha value is -1.58. The number of carbonyl (C=O) groups is 1. The van der Waals surface area contributed by atoms with Gasteiger partial charge >= 0.3 is 0 Å². The van der Waals surface area contributed by atoms with Gasteiger partial charge in [-0.05, 0) is 55.1 Å². The number of aromatic nitrogens is 1. The monoisotopic (exact) mass is 271 g/mol. The Labute approximate surface area is 119 Å². The molecule has 3 aliphatic rings. The van der Waals surface area contributed by atoms with Crippen LogP contribution in [0.1, 0.15) is 29.8 Å². The molecule has 0 spiro atoms. The number of fused-ring (bicyclic) bond motifs is 5. The molecule has 106 valence electrons. The summed E-state index contributed by atoms with van der Waals surface area (Å²) in [5, 5.41) is 3.64. The van der Waals surface area contributed by atoms with Gasteiger partial charge < -0.3 is 10.2 Å². The Morgan fingerprint density at radius 1 is 1.30 bits per heavy atom. The van der Waals surface area contributed by atoms with Crippen molar-refractivity contribution < 1.29 is 4.79 Å². The number of hydrogen-bond donors (Lipinski definition) is 1. The molecular weight excluding hydrogens is 250 g/mol. The maximum Gasteiger partial charge on any atom is 0.272 e. The molecule has 20 heavy (non-hydrogen) atoms. The number of nitrogens with zero attached hydrogens (tertiary/aromatic N) is 2. The Kier molecular flexibility index (Phi) is 2.56. The molecule has 4 atom stereocenters. The number of nitrogens with one attached hydrogen (secondary N) is 1. The van der Waals surface area contributed by atoms with E-state index >= 15 is 0 Å². The summed E-state index contributed by atoms with van der Waals surface area (Å²) >= 11 is 0. The average Bonchev–Trinajstić information content (AvgIpc) is 2.85. The smallest absolute Gasteiger partial charge is 0.272 e. The van der Waals surface area contributed by atoms with Crippen LogP contribution in [0.4, 0.5) is 5.69 Å². The molecule has 0 aliphatic heterocycles. The molecule has 1 aromatic heterocycles. The van der Waals surface area contributed by atoms with E-state index in [1.807, 2.05) is 12.1 Å². The van der Waals surface area contributed by atoms with Gasteiger partial charge in [-0.1, -0.05) is 0 Å². The van der Waals surface area contributed by atoms with Crippen molar-refractivity contribution in [3.8, 4) is 0 Å². The van der Waals surface area contributed by atoms with Crippen LogP contribution in [-0.4, -0.2) is 35.9 Å². The fraction of sp³-hybridized carbons (Fsp3) is 0.625. The van der Waals surface area contributed by atoms with Crippen molar-refractivity contribution >= 4 is 11.6 Å². The lowest BCUT2D eigenvalue weighted by molar-refractivity contribution is 0.0822. The molecule has 2 bridgehead atoms. The molecule has 1 N–H and O–H groups in total. The van der Waals surface area contributed by atoms with E-state index in [0.717, 1.165) is 29.4 Å². The number of pyridine rings is 1. The minimum absolute atomic E-state index is 0.0373. The van der Waals surface area contributed by atoms with E-state index in [9.17, 15) is 4.79 Å². The van der Waals surface area contributed by atoms with E-state index in [0.29, 0.717) is 11.7 Å². The Morgan fingerprint density at radius 3 is 2.65 bits per heavy atom. The van der Waals surface area contributed by atoms with Gasteiger partial charge in [0.2, 0.25) is 0 Å². The average molecular weight is 271 g/mol. The highest BCUT2D eigenvalue weighted by Crippen LogP contribution is 2.66. The minimum atomic E-state index is -0.0373. The molecule has 0 radical (unpaired) electrons. The third-order valence-electron chi connectivity index (χ3n) is 5.45. The van der Waals surface area contributed by atoms with Crippen LogP contribution in [0, 0.1) is 23.7 Å². The van der Waals surface area contributed by atoms with E-state index < -0.39 is 0 Å². The van der Waals surface area contributed by atoms with Crippen molar-refractivity contribution in [2.45, 2.75) is 25.3 Å². The van der Waals surface area contributed by atoms with Crippen LogP contribution in [0.25, 0.3) is 0 Å². The molecule has 4 nitrogen and oxygen atoms in total. The van der Waals surface area contributed by atoms with Gasteiger partial charge in [-0.2, -0.15) is 0 Å². The quantitative estimate of drug-likeness (QED) is 0.917. The Balaban J connectivity index is 1.48. The van der Waals surface area contributed by atoms with Crippen LogP contribution in [0.3, 0.4) is 0 Å². The molecule has 3 saturated carbocycles. The SMILES string of the molecule is CN(C)C(=O)c1cc(NC2C3C4CCC(C4)C23)ccn1. The predicted octanol–water partition coefficient (Wildman–Crippen LogP) is 2.24. The first-order chi connectivity index (χ1) is 9.65. The Bertz CT molecular complexity index is 540. The third-order valence-corrected chi connectivity index (χ3v) is 5.45. The van der Waals surface area contributed by atoms with Crippen molar-refractivity contribution in [2.24, 2.45) is 23.7 Å². The molecule has 1 amide bonds. The van der Waals surface area contributed by atoms with Gasteiger partial charge in [0.1, 0.15) is 5.69 Å². The Morgan fingerprint density at radius 2 is 2.00 bits per heavy atom. The number of amides is 1. The lowest BCUT2D eigenvalue weighted by Crippen LogP contribution is -2.23. The lowest BCUT2D eigenvalue weighted by Gasteiger charge is -2.13. The highest BCUT2D eigenvalue weighted by atomic mass is 16.2. The summed E-state index contributed by atoms with van der Waals surface area (Å²) in [6, 6.07) is 4.51. The van der Waals surface area contributed by atoms with E-state index in [4.69, 9.17) is 0 Å². The fourth-order valence-electron chi connectivity index (χ4n) is 4.58. The molecule has 1 heterocycles. The summed E-state index contributed by atoms with van der Waals surface area (Å²) in [6.45, 7) is 0. The van der Waals surface area contributed by atoms with Crippen LogP contribution >= 0.6 is 0 Å². The van der Waals surface area contributed by atoms with Crippen LogP contribution in [0.15, 0.2) is 18.3 Å². The first kappa shape index (κ1) is 12.2. The second kappa shape index (κ2) is 4.21. The number of carbonyl (C=O) groups excluding carboxylic acids is 1. The molecule has 0 saturated heterocycles. The molecule has 0 aromatic carbocycles. The van der Waals surface area contributed by atoms with E-state index in [1.165, 1.54) is 19.3 Å². The van der Waals surface area contributed by atoms with E-state index in [2.05, 4.69) is 10.3 Å². The van der Waals surface area contributed by atoms with Gasteiger partial charge in [-0.25, -0.2) is 0 Å². The summed E-state index contributed by atoms with van der Waals surface area (Å²) < 4.78 is 0. The van der Waals surface area contributed by atoms with Gasteiger partial charge in [0.25, 0.3) is 5.91 Å². The minimum Gasteiger partial charge on any atom is -0.382 e. The summed E-state index contributed by atoms with van der Waals surface area (Å²) in [5.41, 5.74) is 1.57. The zero-order chi connectivity index (χ0) is 13.9. The van der Waals surface area contributed by atoms with Gasteiger partial charge in [0.15, 0.2) is 0 Å². The first-order valence-corrected chi connectivity index (χ1v) is 7.59. The highest BCUT2D eigenvalue weighted by Gasteiger charge is 2.64. The number of anilines is 1. The summed E-state index contributed by atoms with van der Waals surface area (Å²) in [6.07, 6.45) is 6.06. The standard InChI is InChI=1S/C16H21N3O/c1-19(2)16(20)12-8-11(5-6-17-12)18-15-13-9-3-4-10(7-9)14(13)15/h5-6,8-10,13-15H,3-4,7H2,1-2H3,(H,17,18). The second-order valence-electron chi connectivity index (χ2n) is 6.79. The second-order valence-corrected chi connectivity index (χ2v) is 6.79. The van der Waals surface area contributed by atoms with Gasteiger partial charge in [0.05, 0.1) is 0 Å². The van der Waals surface area contributed by atoms with Crippen LogP contribution in [-0.2, 0) is 0 Å². The first-order valence-electron chi connectivity index (χ1n) is 7.59. The van der Waals surface area contributed by atoms with Crippen LogP contribution < -0.4 is 5.32 Å². The van der Waals surface area contributed by atoms with E-state index in [1.54, 1.807) is 25.2 Å². The summed E-state index contributed by atoms with van der Waals surface area (Å²) in [7, 11) is 3.51. The zero-order valence-corrected chi connectivity index (χ0v) is 12.0. The van der Waals surface area contributed by atoms with Crippen molar-refractivity contribution in [2.75, 3.05) is 19.4 Å². The van der Waals surface area contributed by atoms with E-state index in [-0.39, 0.29) is 5.91 Å². The summed E-state index contributed by atoms with van der Waals surface area (Å²) in [5.74, 6) is 3.69. The van der Waals surface area contributed by atoms with Gasteiger partial charge in [-0.3, -0.25) is 9.78 Å².